The zero-order valence-electron chi connectivity index (χ0n) is 20.8. The summed E-state index contributed by atoms with van der Waals surface area (Å²) in [6, 6.07) is 3.52. The predicted octanol–water partition coefficient (Wildman–Crippen LogP) is 1.58. The van der Waals surface area contributed by atoms with Crippen LogP contribution < -0.4 is 16.4 Å². The fourth-order valence-electron chi connectivity index (χ4n) is 4.99. The predicted molar refractivity (Wildman–Crippen MR) is 140 cm³/mol. The van der Waals surface area contributed by atoms with E-state index in [4.69, 9.17) is 5.73 Å². The molecule has 0 radical (unpaired) electrons. The third-order valence-electron chi connectivity index (χ3n) is 7.07. The number of amides is 4. The highest BCUT2D eigenvalue weighted by Gasteiger charge is 2.46. The summed E-state index contributed by atoms with van der Waals surface area (Å²) in [7, 11) is -3.77. The summed E-state index contributed by atoms with van der Waals surface area (Å²) < 4.78 is 28.6. The average Bonchev–Trinajstić information content (AvgIpc) is 3.09. The number of rotatable bonds is 9. The Balaban J connectivity index is 0.00000380. The summed E-state index contributed by atoms with van der Waals surface area (Å²) in [4.78, 5) is 51.3. The zero-order valence-corrected chi connectivity index (χ0v) is 22.4. The Kier molecular flexibility index (Phi) is 9.32. The van der Waals surface area contributed by atoms with Crippen molar-refractivity contribution < 1.29 is 27.6 Å². The van der Waals surface area contributed by atoms with Gasteiger partial charge in [0, 0.05) is 31.2 Å². The van der Waals surface area contributed by atoms with Crippen LogP contribution in [0, 0.1) is 0 Å². The largest absolute Gasteiger partial charge is 0.367 e. The van der Waals surface area contributed by atoms with Gasteiger partial charge in [-0.1, -0.05) is 32.3 Å². The number of anilines is 1. The number of carbonyl (C=O) groups is 4. The van der Waals surface area contributed by atoms with E-state index in [1.165, 1.54) is 10.4 Å². The summed E-state index contributed by atoms with van der Waals surface area (Å²) in [5.41, 5.74) is 6.34. The van der Waals surface area contributed by atoms with Crippen LogP contribution in [0.2, 0.25) is 0 Å². The SMILES string of the molecule is CCCCCC(Nc1cccc2c1C(=O)N(C1CCC(=O)NC1=O)C2=O)S(=O)(=O)N1CCC(N)CC1.Cl. The van der Waals surface area contributed by atoms with E-state index in [0.717, 1.165) is 17.7 Å². The molecule has 4 amide bonds. The molecule has 2 fully saturated rings. The number of imide groups is 2. The maximum Gasteiger partial charge on any atom is 0.264 e. The molecular weight excluding hydrogens is 522 g/mol. The van der Waals surface area contributed by atoms with Crippen LogP contribution in [0.1, 0.15) is 79.0 Å². The van der Waals surface area contributed by atoms with E-state index in [-0.39, 0.29) is 48.1 Å². The van der Waals surface area contributed by atoms with E-state index in [1.807, 2.05) is 6.92 Å². The van der Waals surface area contributed by atoms with Gasteiger partial charge in [-0.2, -0.15) is 0 Å². The highest BCUT2D eigenvalue weighted by Crippen LogP contribution is 2.34. The fraction of sp³-hybridized carbons (Fsp3) is 0.583. The smallest absolute Gasteiger partial charge is 0.264 e. The maximum absolute atomic E-state index is 13.6. The molecule has 11 nitrogen and oxygen atoms in total. The molecule has 2 unspecified atom stereocenters. The van der Waals surface area contributed by atoms with Crippen molar-refractivity contribution in [1.82, 2.24) is 14.5 Å². The van der Waals surface area contributed by atoms with E-state index in [2.05, 4.69) is 10.6 Å². The number of hydrogen-bond donors (Lipinski definition) is 3. The third kappa shape index (κ3) is 5.82. The number of carbonyl (C=O) groups excluding carboxylic acids is 4. The number of piperidine rings is 2. The molecule has 0 saturated carbocycles. The lowest BCUT2D eigenvalue weighted by Gasteiger charge is -2.33. The van der Waals surface area contributed by atoms with Crippen molar-refractivity contribution in [2.24, 2.45) is 5.73 Å². The van der Waals surface area contributed by atoms with E-state index in [0.29, 0.717) is 38.8 Å². The minimum Gasteiger partial charge on any atom is -0.367 e. The van der Waals surface area contributed by atoms with Gasteiger partial charge < -0.3 is 11.1 Å². The Bertz CT molecular complexity index is 1170. The molecule has 2 atom stereocenters. The van der Waals surface area contributed by atoms with Crippen LogP contribution in [0.3, 0.4) is 0 Å². The molecule has 3 aliphatic heterocycles. The van der Waals surface area contributed by atoms with Gasteiger partial charge >= 0.3 is 0 Å². The second-order valence-electron chi connectivity index (χ2n) is 9.59. The molecule has 4 rings (SSSR count). The number of nitrogens with zero attached hydrogens (tertiary/aromatic N) is 2. The summed E-state index contributed by atoms with van der Waals surface area (Å²) in [6.07, 6.45) is 4.00. The number of fused-ring (bicyclic) bond motifs is 1. The lowest BCUT2D eigenvalue weighted by molar-refractivity contribution is -0.136. The van der Waals surface area contributed by atoms with Crippen molar-refractivity contribution in [3.05, 3.63) is 29.3 Å². The van der Waals surface area contributed by atoms with E-state index in [1.54, 1.807) is 12.1 Å². The monoisotopic (exact) mass is 555 g/mol. The number of hydrogen-bond acceptors (Lipinski definition) is 8. The highest BCUT2D eigenvalue weighted by molar-refractivity contribution is 7.89. The molecule has 0 spiro atoms. The van der Waals surface area contributed by atoms with Crippen LogP contribution in [-0.4, -0.2) is 71.8 Å². The van der Waals surface area contributed by atoms with Crippen molar-refractivity contribution in [3.63, 3.8) is 0 Å². The van der Waals surface area contributed by atoms with Crippen LogP contribution in [-0.2, 0) is 19.6 Å². The van der Waals surface area contributed by atoms with Gasteiger partial charge in [-0.25, -0.2) is 12.7 Å². The molecule has 3 aliphatic rings. The number of sulfonamides is 1. The summed E-state index contributed by atoms with van der Waals surface area (Å²) in [5.74, 6) is -2.46. The molecule has 13 heteroatoms. The van der Waals surface area contributed by atoms with Gasteiger partial charge in [-0.05, 0) is 37.8 Å². The molecule has 204 valence electrons. The van der Waals surface area contributed by atoms with Gasteiger partial charge in [0.1, 0.15) is 11.4 Å². The molecule has 1 aromatic rings. The Morgan fingerprint density at radius 2 is 1.78 bits per heavy atom. The minimum atomic E-state index is -3.77. The van der Waals surface area contributed by atoms with Gasteiger partial charge in [0.2, 0.25) is 21.8 Å². The van der Waals surface area contributed by atoms with Crippen molar-refractivity contribution in [2.75, 3.05) is 18.4 Å². The Labute approximate surface area is 223 Å². The second kappa shape index (κ2) is 11.9. The van der Waals surface area contributed by atoms with Crippen LogP contribution in [0.5, 0.6) is 0 Å². The average molecular weight is 556 g/mol. The van der Waals surface area contributed by atoms with Gasteiger partial charge in [0.05, 0.1) is 11.1 Å². The third-order valence-corrected chi connectivity index (χ3v) is 9.23. The fourth-order valence-corrected chi connectivity index (χ4v) is 6.81. The van der Waals surface area contributed by atoms with Gasteiger partial charge in [-0.3, -0.25) is 29.4 Å². The van der Waals surface area contributed by atoms with Crippen LogP contribution in [0.4, 0.5) is 5.69 Å². The van der Waals surface area contributed by atoms with Gasteiger partial charge in [0.15, 0.2) is 0 Å². The summed E-state index contributed by atoms with van der Waals surface area (Å²) in [5, 5.41) is 4.25. The molecule has 0 bridgehead atoms. The number of nitrogens with two attached hydrogens (primary N) is 1. The zero-order chi connectivity index (χ0) is 26.0. The van der Waals surface area contributed by atoms with Crippen LogP contribution in [0.15, 0.2) is 18.2 Å². The number of unbranched alkanes of at least 4 members (excludes halogenated alkanes) is 2. The standard InChI is InChI=1S/C24H33N5O6S.ClH/c1-2-3-4-8-20(36(34,35)28-13-11-15(25)12-14-28)26-17-7-5-6-16-21(17)24(33)29(23(16)32)18-9-10-19(30)27-22(18)31;/h5-7,15,18,20,26H,2-4,8-14,25H2,1H3,(H,27,30,31);1H. The topological polar surface area (TPSA) is 159 Å². The first-order chi connectivity index (χ1) is 17.1. The second-order valence-corrected chi connectivity index (χ2v) is 11.7. The van der Waals surface area contributed by atoms with Crippen LogP contribution >= 0.6 is 12.4 Å². The lowest BCUT2D eigenvalue weighted by atomic mass is 10.0. The molecular formula is C24H34ClN5O6S. The van der Waals surface area contributed by atoms with Crippen molar-refractivity contribution in [1.29, 1.82) is 0 Å². The molecule has 37 heavy (non-hydrogen) atoms. The van der Waals surface area contributed by atoms with Gasteiger partial charge in [0.25, 0.3) is 11.8 Å². The molecule has 1 aromatic carbocycles. The normalized spacial score (nSPS) is 21.9. The number of benzene rings is 1. The first-order valence-corrected chi connectivity index (χ1v) is 14.0. The van der Waals surface area contributed by atoms with E-state index >= 15 is 0 Å². The van der Waals surface area contributed by atoms with E-state index in [9.17, 15) is 27.6 Å². The quantitative estimate of drug-likeness (QED) is 0.306. The Morgan fingerprint density at radius 3 is 2.43 bits per heavy atom. The molecule has 3 heterocycles. The molecule has 0 aliphatic carbocycles. The van der Waals surface area contributed by atoms with Crippen LogP contribution in [0.25, 0.3) is 0 Å². The summed E-state index contributed by atoms with van der Waals surface area (Å²) >= 11 is 0. The van der Waals surface area contributed by atoms with Crippen molar-refractivity contribution in [2.45, 2.75) is 75.7 Å². The molecule has 2 saturated heterocycles. The first-order valence-electron chi connectivity index (χ1n) is 12.5. The first kappa shape index (κ1) is 29.0. The Hall–Kier alpha value is -2.54. The van der Waals surface area contributed by atoms with E-state index < -0.39 is 45.1 Å². The lowest BCUT2D eigenvalue weighted by Crippen LogP contribution is -2.54. The molecule has 0 aromatic heterocycles. The van der Waals surface area contributed by atoms with Crippen molar-refractivity contribution in [3.8, 4) is 0 Å². The highest BCUT2D eigenvalue weighted by atomic mass is 35.5. The Morgan fingerprint density at radius 1 is 1.08 bits per heavy atom. The minimum absolute atomic E-state index is 0. The number of halogens is 1. The van der Waals surface area contributed by atoms with Crippen molar-refractivity contribution >= 4 is 51.7 Å². The molecule has 4 N–H and O–H groups in total. The maximum atomic E-state index is 13.6. The number of nitrogens with one attached hydrogen (secondary N) is 2. The summed E-state index contributed by atoms with van der Waals surface area (Å²) in [6.45, 7) is 2.70. The van der Waals surface area contributed by atoms with Gasteiger partial charge in [-0.15, -0.1) is 12.4 Å².